The van der Waals surface area contributed by atoms with Crippen LogP contribution in [0.25, 0.3) is 43.8 Å². The van der Waals surface area contributed by atoms with E-state index in [1.165, 1.54) is 76.9 Å². The summed E-state index contributed by atoms with van der Waals surface area (Å²) in [4.78, 5) is 2.39. The number of benzene rings is 9. The molecule has 0 unspecified atom stereocenters. The number of hydrogen-bond donors (Lipinski definition) is 0. The van der Waals surface area contributed by atoms with Gasteiger partial charge in [-0.25, -0.2) is 0 Å². The average Bonchev–Trinajstić information content (AvgIpc) is 3.48. The summed E-state index contributed by atoms with van der Waals surface area (Å²) in [6, 6.07) is 66.9. The molecule has 0 fully saturated rings. The van der Waals surface area contributed by atoms with Crippen LogP contribution in [-0.2, 0) is 5.41 Å². The third-order valence-electron chi connectivity index (χ3n) is 12.9. The van der Waals surface area contributed by atoms with E-state index in [1.54, 1.807) is 0 Å². The van der Waals surface area contributed by atoms with E-state index in [-0.39, 0.29) is 12.1 Å². The Bertz CT molecular complexity index is 3080. The van der Waals surface area contributed by atoms with E-state index in [0.29, 0.717) is 0 Å². The number of nitrogens with zero attached hydrogens (tertiary/aromatic N) is 1. The smallest absolute Gasteiger partial charge is 0.242 e. The van der Waals surface area contributed by atoms with E-state index in [1.807, 2.05) is 0 Å². The van der Waals surface area contributed by atoms with Gasteiger partial charge in [-0.2, -0.15) is 0 Å². The fraction of sp³-hybridized carbons (Fsp3) is 0.0909. The summed E-state index contributed by atoms with van der Waals surface area (Å²) in [5.41, 5.74) is 17.3. The van der Waals surface area contributed by atoms with Gasteiger partial charge in [0.05, 0.1) is 0 Å². The van der Waals surface area contributed by atoms with Gasteiger partial charge in [0.2, 0.25) is 6.71 Å². The van der Waals surface area contributed by atoms with Crippen LogP contribution in [0.1, 0.15) is 36.1 Å². The fourth-order valence-corrected chi connectivity index (χ4v) is 9.95. The van der Waals surface area contributed by atoms with E-state index in [2.05, 4.69) is 215 Å². The highest BCUT2D eigenvalue weighted by Crippen LogP contribution is 2.52. The molecule has 58 heavy (non-hydrogen) atoms. The number of aryl methyl sites for hydroxylation is 2. The van der Waals surface area contributed by atoms with Crippen molar-refractivity contribution in [2.45, 2.75) is 33.1 Å². The van der Waals surface area contributed by atoms with E-state index >= 15 is 0 Å². The van der Waals surface area contributed by atoms with Gasteiger partial charge in [-0.15, -0.1) is 0 Å². The lowest BCUT2D eigenvalue weighted by atomic mass is 9.35. The molecule has 0 radical (unpaired) electrons. The molecule has 1 aliphatic heterocycles. The summed E-state index contributed by atoms with van der Waals surface area (Å²) < 4.78 is 7.00. The van der Waals surface area contributed by atoms with E-state index < -0.39 is 0 Å². The summed E-state index contributed by atoms with van der Waals surface area (Å²) in [7, 11) is 0. The number of hydrogen-bond acceptors (Lipinski definition) is 2. The summed E-state index contributed by atoms with van der Waals surface area (Å²) in [6.45, 7) is 9.24. The van der Waals surface area contributed by atoms with Gasteiger partial charge in [0.25, 0.3) is 0 Å². The average molecular weight is 744 g/mol. The van der Waals surface area contributed by atoms with Gasteiger partial charge in [0, 0.05) is 39.5 Å². The zero-order valence-electron chi connectivity index (χ0n) is 33.3. The van der Waals surface area contributed by atoms with Gasteiger partial charge in [0.15, 0.2) is 0 Å². The van der Waals surface area contributed by atoms with E-state index in [9.17, 15) is 0 Å². The highest BCUT2D eigenvalue weighted by molar-refractivity contribution is 6.97. The first-order valence-electron chi connectivity index (χ1n) is 20.4. The van der Waals surface area contributed by atoms with Gasteiger partial charge in [0.1, 0.15) is 11.5 Å². The maximum absolute atomic E-state index is 7.00. The number of rotatable bonds is 6. The Morgan fingerprint density at radius 3 is 1.81 bits per heavy atom. The highest BCUT2D eigenvalue weighted by Gasteiger charge is 2.36. The minimum atomic E-state index is -0.116. The second-order valence-corrected chi connectivity index (χ2v) is 16.6. The minimum Gasteiger partial charge on any atom is -0.456 e. The van der Waals surface area contributed by atoms with Crippen molar-refractivity contribution in [2.75, 3.05) is 4.90 Å². The maximum atomic E-state index is 7.00. The second-order valence-electron chi connectivity index (χ2n) is 16.6. The highest BCUT2D eigenvalue weighted by atomic mass is 16.5. The number of ether oxygens (including phenoxy) is 1. The van der Waals surface area contributed by atoms with Crippen LogP contribution in [0.15, 0.2) is 182 Å². The second kappa shape index (κ2) is 13.1. The van der Waals surface area contributed by atoms with Gasteiger partial charge in [-0.1, -0.05) is 175 Å². The molecule has 0 saturated carbocycles. The molecule has 9 aromatic carbocycles. The lowest BCUT2D eigenvalue weighted by Crippen LogP contribution is -2.54. The molecule has 0 saturated heterocycles. The molecule has 0 amide bonds. The van der Waals surface area contributed by atoms with Crippen LogP contribution < -0.4 is 26.0 Å². The van der Waals surface area contributed by atoms with Gasteiger partial charge < -0.3 is 9.64 Å². The SMILES string of the molecule is Cc1ccccc1B(c1ccccc1C)c1ccc2c3c(cccc13)Oc1cc(N(c3ccc4c(c3)C(C)(C)c3ccccc3-4)c3ccc4ccccc4c3)ccc1-2. The van der Waals surface area contributed by atoms with Crippen molar-refractivity contribution < 1.29 is 4.74 Å². The molecular formula is C55H42BNO. The zero-order valence-corrected chi connectivity index (χ0v) is 33.3. The largest absolute Gasteiger partial charge is 0.456 e. The van der Waals surface area contributed by atoms with Crippen LogP contribution in [-0.4, -0.2) is 6.71 Å². The normalized spacial score (nSPS) is 13.1. The molecule has 2 nitrogen and oxygen atoms in total. The third-order valence-corrected chi connectivity index (χ3v) is 12.9. The summed E-state index contributed by atoms with van der Waals surface area (Å²) in [5, 5.41) is 4.82. The van der Waals surface area contributed by atoms with Gasteiger partial charge in [-0.05, 0) is 100 Å². The monoisotopic (exact) mass is 743 g/mol. The first kappa shape index (κ1) is 34.4. The number of fused-ring (bicyclic) bond motifs is 6. The van der Waals surface area contributed by atoms with Gasteiger partial charge in [-0.3, -0.25) is 0 Å². The fourth-order valence-electron chi connectivity index (χ4n) is 9.95. The first-order chi connectivity index (χ1) is 28.3. The van der Waals surface area contributed by atoms with Crippen LogP contribution in [0.5, 0.6) is 11.5 Å². The lowest BCUT2D eigenvalue weighted by molar-refractivity contribution is 0.487. The van der Waals surface area contributed by atoms with E-state index in [0.717, 1.165) is 34.1 Å². The Morgan fingerprint density at radius 1 is 0.431 bits per heavy atom. The van der Waals surface area contributed by atoms with Crippen LogP contribution in [0.2, 0.25) is 0 Å². The molecular weight excluding hydrogens is 701 g/mol. The molecule has 0 spiro atoms. The molecule has 276 valence electrons. The zero-order chi connectivity index (χ0) is 39.1. The van der Waals surface area contributed by atoms with Crippen LogP contribution in [0, 0.1) is 13.8 Å². The van der Waals surface area contributed by atoms with Crippen LogP contribution in [0.3, 0.4) is 0 Å². The molecule has 2 aliphatic rings. The van der Waals surface area contributed by atoms with Crippen molar-refractivity contribution in [3.05, 3.63) is 204 Å². The Morgan fingerprint density at radius 2 is 1.03 bits per heavy atom. The molecule has 11 rings (SSSR count). The molecule has 0 bridgehead atoms. The van der Waals surface area contributed by atoms with Crippen LogP contribution in [0.4, 0.5) is 17.1 Å². The van der Waals surface area contributed by atoms with Gasteiger partial charge >= 0.3 is 0 Å². The predicted octanol–water partition coefficient (Wildman–Crippen LogP) is 12.7. The molecule has 1 aliphatic carbocycles. The molecule has 1 heterocycles. The minimum absolute atomic E-state index is 0.0797. The Labute approximate surface area is 341 Å². The maximum Gasteiger partial charge on any atom is 0.242 e. The lowest BCUT2D eigenvalue weighted by Gasteiger charge is -2.30. The van der Waals surface area contributed by atoms with Crippen molar-refractivity contribution in [1.29, 1.82) is 0 Å². The molecule has 0 atom stereocenters. The third kappa shape index (κ3) is 5.27. The predicted molar refractivity (Wildman–Crippen MR) is 246 cm³/mol. The van der Waals surface area contributed by atoms with E-state index in [4.69, 9.17) is 4.74 Å². The van der Waals surface area contributed by atoms with Crippen molar-refractivity contribution in [3.8, 4) is 33.8 Å². The Balaban J connectivity index is 1.07. The topological polar surface area (TPSA) is 12.5 Å². The van der Waals surface area contributed by atoms with Crippen molar-refractivity contribution in [3.63, 3.8) is 0 Å². The molecule has 9 aromatic rings. The van der Waals surface area contributed by atoms with Crippen LogP contribution >= 0.6 is 0 Å². The van der Waals surface area contributed by atoms with Crippen molar-refractivity contribution in [2.24, 2.45) is 0 Å². The Hall–Kier alpha value is -6.84. The molecule has 3 heteroatoms. The Kier molecular flexibility index (Phi) is 7.78. The standard InChI is InChI=1S/C55H42BNO/c1-35-14-5-11-21-49(35)56(50-22-12-6-15-36(50)2)51-31-30-45-44-29-27-41(34-53(44)58-52-23-13-19-46(51)54(45)52)57(39-25-24-37-16-7-8-17-38(37)32-39)40-26-28-43-42-18-9-10-20-47(42)55(3,4)48(43)33-40/h5-34H,1-4H3. The summed E-state index contributed by atoms with van der Waals surface area (Å²) in [5.74, 6) is 1.75. The molecule has 0 N–H and O–H groups in total. The summed E-state index contributed by atoms with van der Waals surface area (Å²) >= 11 is 0. The number of anilines is 3. The summed E-state index contributed by atoms with van der Waals surface area (Å²) in [6.07, 6.45) is 0. The quantitative estimate of drug-likeness (QED) is 0.157. The van der Waals surface area contributed by atoms with Crippen molar-refractivity contribution >= 4 is 61.7 Å². The van der Waals surface area contributed by atoms with Crippen molar-refractivity contribution in [1.82, 2.24) is 0 Å². The first-order valence-corrected chi connectivity index (χ1v) is 20.4. The molecule has 0 aromatic heterocycles.